The minimum Gasteiger partial charge on any atom is -0.246 e. The van der Waals surface area contributed by atoms with E-state index >= 15 is 0 Å². The van der Waals surface area contributed by atoms with Crippen molar-refractivity contribution in [3.8, 4) is 0 Å². The Hall–Kier alpha value is -0.500. The van der Waals surface area contributed by atoms with E-state index in [1.807, 2.05) is 5.38 Å². The topological polar surface area (TPSA) is 62.3 Å². The summed E-state index contributed by atoms with van der Waals surface area (Å²) in [4.78, 5) is 4.44. The minimum atomic E-state index is -3.32. The lowest BCUT2D eigenvalue weighted by molar-refractivity contribution is 0.506. The second-order valence-corrected chi connectivity index (χ2v) is 7.16. The zero-order valence-electron chi connectivity index (χ0n) is 10.6. The molecule has 1 rings (SSSR count). The van der Waals surface area contributed by atoms with Crippen molar-refractivity contribution in [1.82, 2.24) is 14.0 Å². The number of hydrogen-bond donors (Lipinski definition) is 1. The molecule has 0 radical (unpaired) electrons. The van der Waals surface area contributed by atoms with E-state index in [9.17, 15) is 8.42 Å². The van der Waals surface area contributed by atoms with Gasteiger partial charge in [0.05, 0.1) is 10.7 Å². The number of hydrogen-bond acceptors (Lipinski definition) is 4. The normalized spacial score (nSPS) is 12.6. The average molecular weight is 277 g/mol. The smallest absolute Gasteiger partial charge is 0.246 e. The molecule has 0 bridgehead atoms. The first-order valence-electron chi connectivity index (χ1n) is 5.44. The molecular weight excluding hydrogens is 258 g/mol. The molecule has 1 aromatic heterocycles. The van der Waals surface area contributed by atoms with Crippen LogP contribution in [0.2, 0.25) is 0 Å². The van der Waals surface area contributed by atoms with Crippen molar-refractivity contribution in [1.29, 1.82) is 0 Å². The van der Waals surface area contributed by atoms with Crippen LogP contribution in [0.25, 0.3) is 0 Å². The molecule has 7 heteroatoms. The molecule has 0 aliphatic rings. The summed E-state index contributed by atoms with van der Waals surface area (Å²) in [6.45, 7) is 4.56. The van der Waals surface area contributed by atoms with E-state index in [0.717, 1.165) is 15.0 Å². The Bertz CT molecular complexity index is 452. The molecule has 0 aliphatic carbocycles. The van der Waals surface area contributed by atoms with Gasteiger partial charge in [0.25, 0.3) is 10.2 Å². The largest absolute Gasteiger partial charge is 0.278 e. The Balaban J connectivity index is 2.46. The van der Waals surface area contributed by atoms with E-state index in [4.69, 9.17) is 0 Å². The molecular formula is C10H19N3O2S2. The van der Waals surface area contributed by atoms with Crippen LogP contribution >= 0.6 is 11.3 Å². The number of nitrogens with zero attached hydrogens (tertiary/aromatic N) is 2. The lowest BCUT2D eigenvalue weighted by Gasteiger charge is -2.11. The highest BCUT2D eigenvalue weighted by atomic mass is 32.2. The number of thiazole rings is 1. The van der Waals surface area contributed by atoms with E-state index in [2.05, 4.69) is 23.6 Å². The standard InChI is InChI=1S/C10H19N3O2S2/c1-8(2)9-7-16-10(12-9)5-6-11-17(14,15)13(3)4/h7-8,11H,5-6H2,1-4H3. The molecule has 0 aromatic carbocycles. The molecule has 0 fully saturated rings. The molecule has 0 atom stereocenters. The van der Waals surface area contributed by atoms with Crippen LogP contribution in [-0.4, -0.2) is 38.3 Å². The van der Waals surface area contributed by atoms with Crippen LogP contribution in [0.15, 0.2) is 5.38 Å². The first-order valence-corrected chi connectivity index (χ1v) is 7.76. The summed E-state index contributed by atoms with van der Waals surface area (Å²) in [5.41, 5.74) is 1.07. The van der Waals surface area contributed by atoms with Gasteiger partial charge in [0, 0.05) is 32.4 Å². The van der Waals surface area contributed by atoms with Crippen molar-refractivity contribution in [2.45, 2.75) is 26.2 Å². The molecule has 1 heterocycles. The van der Waals surface area contributed by atoms with Gasteiger partial charge in [0.1, 0.15) is 0 Å². The average Bonchev–Trinajstić information content (AvgIpc) is 2.66. The van der Waals surface area contributed by atoms with Gasteiger partial charge >= 0.3 is 0 Å². The van der Waals surface area contributed by atoms with Crippen molar-refractivity contribution < 1.29 is 8.42 Å². The Morgan fingerprint density at radius 2 is 2.12 bits per heavy atom. The summed E-state index contributed by atoms with van der Waals surface area (Å²) in [5, 5.41) is 3.00. The van der Waals surface area contributed by atoms with E-state index in [-0.39, 0.29) is 0 Å². The second-order valence-electron chi connectivity index (χ2n) is 4.25. The van der Waals surface area contributed by atoms with E-state index in [0.29, 0.717) is 18.9 Å². The monoisotopic (exact) mass is 277 g/mol. The summed E-state index contributed by atoms with van der Waals surface area (Å²) in [5.74, 6) is 0.415. The Morgan fingerprint density at radius 3 is 2.59 bits per heavy atom. The van der Waals surface area contributed by atoms with Gasteiger partial charge in [-0.3, -0.25) is 0 Å². The highest BCUT2D eigenvalue weighted by molar-refractivity contribution is 7.87. The van der Waals surface area contributed by atoms with E-state index < -0.39 is 10.2 Å². The summed E-state index contributed by atoms with van der Waals surface area (Å²) >= 11 is 1.58. The molecule has 0 unspecified atom stereocenters. The predicted octanol–water partition coefficient (Wildman–Crippen LogP) is 1.20. The fraction of sp³-hybridized carbons (Fsp3) is 0.700. The summed E-state index contributed by atoms with van der Waals surface area (Å²) in [6, 6.07) is 0. The van der Waals surface area contributed by atoms with Crippen molar-refractivity contribution >= 4 is 21.5 Å². The maximum atomic E-state index is 11.4. The molecule has 98 valence electrons. The molecule has 17 heavy (non-hydrogen) atoms. The third kappa shape index (κ3) is 4.34. The Morgan fingerprint density at radius 1 is 1.47 bits per heavy atom. The van der Waals surface area contributed by atoms with Gasteiger partial charge in [0.15, 0.2) is 0 Å². The van der Waals surface area contributed by atoms with E-state index in [1.54, 1.807) is 11.3 Å². The van der Waals surface area contributed by atoms with Crippen molar-refractivity contribution in [2.24, 2.45) is 0 Å². The molecule has 1 N–H and O–H groups in total. The molecule has 0 aliphatic heterocycles. The SMILES string of the molecule is CC(C)c1csc(CCNS(=O)(=O)N(C)C)n1. The highest BCUT2D eigenvalue weighted by Gasteiger charge is 2.12. The molecule has 0 saturated carbocycles. The Labute approximate surface area is 107 Å². The minimum absolute atomic E-state index is 0.381. The van der Waals surface area contributed by atoms with Gasteiger partial charge in [-0.25, -0.2) is 9.71 Å². The number of rotatable bonds is 6. The van der Waals surface area contributed by atoms with Gasteiger partial charge in [-0.1, -0.05) is 13.8 Å². The van der Waals surface area contributed by atoms with Gasteiger partial charge < -0.3 is 0 Å². The van der Waals surface area contributed by atoms with Gasteiger partial charge in [-0.2, -0.15) is 12.7 Å². The summed E-state index contributed by atoms with van der Waals surface area (Å²) < 4.78 is 26.5. The number of nitrogens with one attached hydrogen (secondary N) is 1. The summed E-state index contributed by atoms with van der Waals surface area (Å²) in [6.07, 6.45) is 0.629. The fourth-order valence-electron chi connectivity index (χ4n) is 1.12. The fourth-order valence-corrected chi connectivity index (χ4v) is 2.70. The van der Waals surface area contributed by atoms with Crippen molar-refractivity contribution in [2.75, 3.05) is 20.6 Å². The molecule has 0 saturated heterocycles. The first kappa shape index (κ1) is 14.6. The van der Waals surface area contributed by atoms with Crippen LogP contribution < -0.4 is 4.72 Å². The van der Waals surface area contributed by atoms with Crippen LogP contribution in [-0.2, 0) is 16.6 Å². The predicted molar refractivity (Wildman–Crippen MR) is 70.5 cm³/mol. The maximum absolute atomic E-state index is 11.4. The van der Waals surface area contributed by atoms with Gasteiger partial charge in [0.2, 0.25) is 0 Å². The van der Waals surface area contributed by atoms with E-state index in [1.165, 1.54) is 14.1 Å². The molecule has 0 spiro atoms. The second kappa shape index (κ2) is 5.90. The van der Waals surface area contributed by atoms with Crippen LogP contribution in [0.5, 0.6) is 0 Å². The van der Waals surface area contributed by atoms with Crippen LogP contribution in [0, 0.1) is 0 Å². The van der Waals surface area contributed by atoms with Crippen LogP contribution in [0.4, 0.5) is 0 Å². The zero-order valence-corrected chi connectivity index (χ0v) is 12.2. The van der Waals surface area contributed by atoms with Crippen LogP contribution in [0.1, 0.15) is 30.5 Å². The number of aromatic nitrogens is 1. The van der Waals surface area contributed by atoms with Gasteiger partial charge in [-0.05, 0) is 5.92 Å². The highest BCUT2D eigenvalue weighted by Crippen LogP contribution is 2.17. The van der Waals surface area contributed by atoms with Crippen molar-refractivity contribution in [3.05, 3.63) is 16.1 Å². The molecule has 5 nitrogen and oxygen atoms in total. The first-order chi connectivity index (χ1) is 7.83. The lowest BCUT2D eigenvalue weighted by atomic mass is 10.2. The van der Waals surface area contributed by atoms with Gasteiger partial charge in [-0.15, -0.1) is 11.3 Å². The van der Waals surface area contributed by atoms with Crippen LogP contribution in [0.3, 0.4) is 0 Å². The third-order valence-corrected chi connectivity index (χ3v) is 4.72. The zero-order chi connectivity index (χ0) is 13.1. The lowest BCUT2D eigenvalue weighted by Crippen LogP contribution is -2.36. The Kier molecular flexibility index (Phi) is 5.05. The third-order valence-electron chi connectivity index (χ3n) is 2.27. The molecule has 1 aromatic rings. The summed E-state index contributed by atoms with van der Waals surface area (Å²) in [7, 11) is -0.313. The molecule has 0 amide bonds. The quantitative estimate of drug-likeness (QED) is 0.850. The maximum Gasteiger partial charge on any atom is 0.278 e. The van der Waals surface area contributed by atoms with Crippen molar-refractivity contribution in [3.63, 3.8) is 0 Å².